The van der Waals surface area contributed by atoms with Crippen LogP contribution in [0.25, 0.3) is 21.5 Å². The summed E-state index contributed by atoms with van der Waals surface area (Å²) in [5.74, 6) is -0.506. The minimum atomic E-state index is -0.886. The minimum Gasteiger partial charge on any atom is -0.391 e. The average molecular weight is 1000 g/mol. The van der Waals surface area contributed by atoms with E-state index in [0.29, 0.717) is 18.0 Å². The molecule has 4 atom stereocenters. The number of aryl methyl sites for hydroxylation is 1. The molecule has 69 heavy (non-hydrogen) atoms. The number of piperazine rings is 1. The number of aromatic nitrogens is 3. The van der Waals surface area contributed by atoms with Crippen molar-refractivity contribution in [1.29, 1.82) is 0 Å². The van der Waals surface area contributed by atoms with E-state index in [-0.39, 0.29) is 53.6 Å². The summed E-state index contributed by atoms with van der Waals surface area (Å²) in [6.45, 7) is 18.0. The van der Waals surface area contributed by atoms with Gasteiger partial charge in [-0.15, -0.1) is 11.3 Å². The van der Waals surface area contributed by atoms with Gasteiger partial charge in [0.25, 0.3) is 0 Å². The van der Waals surface area contributed by atoms with Crippen LogP contribution in [0.2, 0.25) is 10.0 Å². The zero-order valence-corrected chi connectivity index (χ0v) is 42.4. The Morgan fingerprint density at radius 1 is 0.986 bits per heavy atom. The summed E-state index contributed by atoms with van der Waals surface area (Å²) in [5.41, 5.74) is 8.08. The molecule has 4 aliphatic rings. The Morgan fingerprint density at radius 3 is 2.38 bits per heavy atom. The number of nitrogens with zero attached hydrogens (tertiary/aromatic N) is 7. The summed E-state index contributed by atoms with van der Waals surface area (Å²) in [6, 6.07) is 14.7. The molecule has 368 valence electrons. The fourth-order valence-electron chi connectivity index (χ4n) is 10.3. The topological polar surface area (TPSA) is 151 Å². The molecule has 2 aromatic heterocycles. The molecule has 18 heteroatoms. The number of unbranched alkanes of at least 4 members (excludes halogenated alkanes) is 1. The van der Waals surface area contributed by atoms with E-state index in [0.717, 1.165) is 115 Å². The second kappa shape index (κ2) is 20.1. The van der Waals surface area contributed by atoms with Gasteiger partial charge in [0, 0.05) is 82.2 Å². The van der Waals surface area contributed by atoms with Gasteiger partial charge in [0.05, 0.1) is 51.0 Å². The van der Waals surface area contributed by atoms with Gasteiger partial charge in [0.15, 0.2) is 0 Å². The molecule has 4 aliphatic heterocycles. The molecule has 4 saturated heterocycles. The Labute approximate surface area is 417 Å². The summed E-state index contributed by atoms with van der Waals surface area (Å²) in [4.78, 5) is 60.8. The van der Waals surface area contributed by atoms with E-state index >= 15 is 0 Å². The Balaban J connectivity index is 0.774. The van der Waals surface area contributed by atoms with Crippen molar-refractivity contribution >= 4 is 74.9 Å². The number of hydrogen-bond acceptors (Lipinski definition) is 11. The number of amides is 3. The maximum absolute atomic E-state index is 14.2. The highest BCUT2D eigenvalue weighted by molar-refractivity contribution is 7.13. The number of likely N-dealkylation sites (tertiary alicyclic amines) is 1. The third-order valence-corrected chi connectivity index (χ3v) is 15.8. The van der Waals surface area contributed by atoms with Crippen LogP contribution >= 0.6 is 34.5 Å². The lowest BCUT2D eigenvalue weighted by Gasteiger charge is -2.56. The van der Waals surface area contributed by atoms with Gasteiger partial charge in [0.1, 0.15) is 23.4 Å². The number of thiazole rings is 1. The van der Waals surface area contributed by atoms with Gasteiger partial charge in [0.2, 0.25) is 23.7 Å². The zero-order chi connectivity index (χ0) is 48.8. The predicted molar refractivity (Wildman–Crippen MR) is 272 cm³/mol. The number of aliphatic hydroxyl groups is 1. The summed E-state index contributed by atoms with van der Waals surface area (Å²) < 4.78 is 16.3. The summed E-state index contributed by atoms with van der Waals surface area (Å²) in [6.07, 6.45) is 0.980. The fourth-order valence-corrected chi connectivity index (χ4v) is 11.5. The molecule has 3 amide bonds. The van der Waals surface area contributed by atoms with Crippen molar-refractivity contribution < 1.29 is 23.9 Å². The van der Waals surface area contributed by atoms with Gasteiger partial charge in [-0.2, -0.15) is 0 Å². The molecule has 0 radical (unpaired) electrons. The third kappa shape index (κ3) is 10.6. The highest BCUT2D eigenvalue weighted by Crippen LogP contribution is 2.41. The van der Waals surface area contributed by atoms with Crippen LogP contribution in [0, 0.1) is 23.6 Å². The summed E-state index contributed by atoms with van der Waals surface area (Å²) in [5, 5.41) is 20.9. The molecule has 5 aromatic rings. The van der Waals surface area contributed by atoms with Crippen LogP contribution in [-0.4, -0.2) is 131 Å². The first-order chi connectivity index (χ1) is 32.9. The van der Waals surface area contributed by atoms with Crippen molar-refractivity contribution in [1.82, 2.24) is 40.3 Å². The summed E-state index contributed by atoms with van der Waals surface area (Å²) >= 11 is 14.6. The number of anilines is 2. The second-order valence-corrected chi connectivity index (χ2v) is 22.4. The van der Waals surface area contributed by atoms with Gasteiger partial charge < -0.3 is 40.3 Å². The van der Waals surface area contributed by atoms with Gasteiger partial charge in [-0.1, -0.05) is 74.3 Å². The van der Waals surface area contributed by atoms with Crippen LogP contribution in [0.1, 0.15) is 76.2 Å². The first-order valence-corrected chi connectivity index (χ1v) is 25.7. The molecule has 14 nitrogen and oxygen atoms in total. The molecule has 1 spiro atoms. The Kier molecular flexibility index (Phi) is 14.3. The summed E-state index contributed by atoms with van der Waals surface area (Å²) in [7, 11) is 0. The van der Waals surface area contributed by atoms with Crippen LogP contribution in [0.15, 0.2) is 60.1 Å². The van der Waals surface area contributed by atoms with Crippen molar-refractivity contribution in [2.45, 2.75) is 91.1 Å². The highest BCUT2D eigenvalue weighted by atomic mass is 35.5. The molecule has 4 fully saturated rings. The highest BCUT2D eigenvalue weighted by Gasteiger charge is 2.49. The van der Waals surface area contributed by atoms with Gasteiger partial charge in [-0.05, 0) is 79.6 Å². The first kappa shape index (κ1) is 49.2. The molecular formula is C51H63Cl2FN10O4S. The predicted octanol–water partition coefficient (Wildman–Crippen LogP) is 7.03. The number of nitrogens with one attached hydrogen (secondary N) is 3. The number of β-amino-alcohol motifs (C(OH)–C–C–N with tert-alkyl or cyclic N) is 1. The minimum absolute atomic E-state index is 0.0148. The number of hydrogen-bond donors (Lipinski definition) is 4. The standard InChI is InChI=1S/C51H63Cl2FN10O4S/c1-31(34-10-12-35(13-11-34)45-32(2)56-30-69-45)57-47(67)42-23-37(65)25-63(42)48(68)46(50(3,4)5)58-43(66)8-6-7-15-60-16-18-61(19-17-60)40-21-36(52)22-41-44(40)59-49(62-28-51(29-62)26-55-27-51)64(41)24-33-9-14-39(54)38(53)20-33/h9-14,20-22,30-31,37,42,46,55,65H,6-8,15-19,23-29H2,1-5H3,(H,57,67)(H,58,66)/t31-,37+,42-,46+/m0/s1. The lowest BCUT2D eigenvalue weighted by Crippen LogP contribution is -2.71. The largest absolute Gasteiger partial charge is 0.391 e. The average Bonchev–Trinajstić information content (AvgIpc) is 4.00. The van der Waals surface area contributed by atoms with Crippen molar-refractivity contribution in [3.63, 3.8) is 0 Å². The van der Waals surface area contributed by atoms with E-state index in [1.165, 1.54) is 11.0 Å². The van der Waals surface area contributed by atoms with E-state index in [1.54, 1.807) is 23.5 Å². The number of carbonyl (C=O) groups is 3. The Morgan fingerprint density at radius 2 is 1.72 bits per heavy atom. The molecule has 6 heterocycles. The third-order valence-electron chi connectivity index (χ3n) is 14.3. The SMILES string of the molecule is Cc1ncsc1-c1ccc([C@H](C)NC(=O)[C@@H]2C[C@@H](O)CN2C(=O)[C@@H](NC(=O)CCCCN2CCN(c3cc(Cl)cc4c3nc(N3CC5(CNC5)C3)n4Cc3ccc(F)c(Cl)c3)CC2)C(C)(C)C)cc1. The number of imidazole rings is 1. The van der Waals surface area contributed by atoms with E-state index in [4.69, 9.17) is 28.2 Å². The van der Waals surface area contributed by atoms with Crippen molar-refractivity contribution in [2.24, 2.45) is 10.8 Å². The zero-order valence-electron chi connectivity index (χ0n) is 40.0. The number of benzene rings is 3. The molecule has 0 aliphatic carbocycles. The lowest BCUT2D eigenvalue weighted by molar-refractivity contribution is -0.144. The smallest absolute Gasteiger partial charge is 0.246 e. The number of rotatable bonds is 15. The number of halogens is 3. The second-order valence-electron chi connectivity index (χ2n) is 20.7. The normalized spacial score (nSPS) is 20.2. The van der Waals surface area contributed by atoms with E-state index in [1.807, 2.05) is 76.5 Å². The first-order valence-electron chi connectivity index (χ1n) is 24.1. The Bertz CT molecular complexity index is 2690. The van der Waals surface area contributed by atoms with Gasteiger partial charge in [-0.25, -0.2) is 14.4 Å². The molecular weight excluding hydrogens is 939 g/mol. The van der Waals surface area contributed by atoms with E-state index in [2.05, 4.69) is 40.2 Å². The van der Waals surface area contributed by atoms with Crippen LogP contribution in [0.4, 0.5) is 16.0 Å². The van der Waals surface area contributed by atoms with Gasteiger partial charge >= 0.3 is 0 Å². The fraction of sp³-hybridized carbons (Fsp3) is 0.510. The van der Waals surface area contributed by atoms with E-state index in [9.17, 15) is 23.9 Å². The number of aliphatic hydroxyl groups excluding tert-OH is 1. The van der Waals surface area contributed by atoms with Crippen LogP contribution in [0.5, 0.6) is 0 Å². The number of fused-ring (bicyclic) bond motifs is 1. The lowest BCUT2D eigenvalue weighted by atomic mass is 9.75. The van der Waals surface area contributed by atoms with Crippen LogP contribution in [0.3, 0.4) is 0 Å². The molecule has 4 N–H and O–H groups in total. The molecule has 0 saturated carbocycles. The monoisotopic (exact) mass is 1000 g/mol. The quantitative estimate of drug-likeness (QED) is 0.0806. The maximum atomic E-state index is 14.2. The van der Waals surface area contributed by atoms with Gasteiger partial charge in [-0.3, -0.25) is 19.3 Å². The molecule has 9 rings (SSSR count). The molecule has 0 unspecified atom stereocenters. The maximum Gasteiger partial charge on any atom is 0.246 e. The van der Waals surface area contributed by atoms with Crippen molar-refractivity contribution in [3.8, 4) is 10.4 Å². The van der Waals surface area contributed by atoms with Crippen molar-refractivity contribution in [3.05, 3.63) is 92.8 Å². The molecule has 3 aromatic carbocycles. The van der Waals surface area contributed by atoms with Crippen LogP contribution in [-0.2, 0) is 20.9 Å². The van der Waals surface area contributed by atoms with Crippen molar-refractivity contribution in [2.75, 3.05) is 75.2 Å². The molecule has 0 bridgehead atoms. The number of carbonyl (C=O) groups excluding carboxylic acids is 3. The van der Waals surface area contributed by atoms with Crippen LogP contribution < -0.4 is 25.8 Å². The van der Waals surface area contributed by atoms with E-state index < -0.39 is 29.4 Å². The Hall–Kier alpha value is -4.84.